The molecule has 5 heteroatoms. The largest absolute Gasteiger partial charge is 0.396 e. The molecular formula is C14H21NO2S2. The van der Waals surface area contributed by atoms with E-state index in [9.17, 15) is 4.79 Å². The zero-order valence-electron chi connectivity index (χ0n) is 11.2. The van der Waals surface area contributed by atoms with Crippen LogP contribution in [-0.4, -0.2) is 40.6 Å². The molecule has 19 heavy (non-hydrogen) atoms. The summed E-state index contributed by atoms with van der Waals surface area (Å²) in [5.41, 5.74) is 0. The van der Waals surface area contributed by atoms with Crippen LogP contribution < -0.4 is 0 Å². The van der Waals surface area contributed by atoms with Gasteiger partial charge in [0.2, 0.25) is 5.91 Å². The van der Waals surface area contributed by atoms with Crippen LogP contribution in [0.1, 0.15) is 11.8 Å². The summed E-state index contributed by atoms with van der Waals surface area (Å²) in [6.45, 7) is 7.08. The molecule has 0 aromatic carbocycles. The first-order valence-corrected chi connectivity index (χ1v) is 8.30. The minimum Gasteiger partial charge on any atom is -0.396 e. The fraction of sp³-hybridized carbons (Fsp3) is 0.500. The molecule has 1 N–H and O–H groups in total. The maximum Gasteiger partial charge on any atom is 0.233 e. The number of hydrogen-bond donors (Lipinski definition) is 1. The Morgan fingerprint density at radius 2 is 2.47 bits per heavy atom. The van der Waals surface area contributed by atoms with Gasteiger partial charge >= 0.3 is 0 Å². The van der Waals surface area contributed by atoms with Gasteiger partial charge in [-0.25, -0.2) is 0 Å². The van der Waals surface area contributed by atoms with Gasteiger partial charge in [0.1, 0.15) is 0 Å². The predicted molar refractivity (Wildman–Crippen MR) is 83.5 cm³/mol. The van der Waals surface area contributed by atoms with Crippen molar-refractivity contribution in [3.8, 4) is 0 Å². The van der Waals surface area contributed by atoms with E-state index in [4.69, 9.17) is 5.11 Å². The summed E-state index contributed by atoms with van der Waals surface area (Å²) >= 11 is 3.24. The van der Waals surface area contributed by atoms with Crippen LogP contribution in [0.25, 0.3) is 0 Å². The monoisotopic (exact) mass is 299 g/mol. The second-order valence-electron chi connectivity index (χ2n) is 4.45. The minimum absolute atomic E-state index is 0.128. The number of aliphatic hydroxyl groups excluding tert-OH is 1. The molecule has 1 atom stereocenters. The minimum atomic E-state index is 0.128. The molecule has 106 valence electrons. The topological polar surface area (TPSA) is 40.5 Å². The third-order valence-electron chi connectivity index (χ3n) is 2.57. The second kappa shape index (κ2) is 9.18. The number of thioether (sulfide) groups is 1. The number of hydrogen-bond acceptors (Lipinski definition) is 4. The average molecular weight is 299 g/mol. The zero-order chi connectivity index (χ0) is 14.1. The van der Waals surface area contributed by atoms with Gasteiger partial charge in [-0.05, 0) is 23.1 Å². The van der Waals surface area contributed by atoms with Gasteiger partial charge in [-0.3, -0.25) is 4.79 Å². The number of rotatable bonds is 9. The lowest BCUT2D eigenvalue weighted by molar-refractivity contribution is -0.128. The number of amides is 1. The highest BCUT2D eigenvalue weighted by atomic mass is 32.2. The van der Waals surface area contributed by atoms with Gasteiger partial charge in [0.15, 0.2) is 0 Å². The van der Waals surface area contributed by atoms with Crippen LogP contribution in [0.2, 0.25) is 0 Å². The van der Waals surface area contributed by atoms with Crippen molar-refractivity contribution in [2.75, 3.05) is 24.7 Å². The summed E-state index contributed by atoms with van der Waals surface area (Å²) in [4.78, 5) is 15.1. The van der Waals surface area contributed by atoms with E-state index in [0.29, 0.717) is 18.8 Å². The van der Waals surface area contributed by atoms with E-state index in [-0.39, 0.29) is 18.4 Å². The molecule has 0 saturated heterocycles. The summed E-state index contributed by atoms with van der Waals surface area (Å²) < 4.78 is 0. The van der Waals surface area contributed by atoms with E-state index in [1.54, 1.807) is 29.2 Å². The molecule has 1 unspecified atom stereocenters. The second-order valence-corrected chi connectivity index (χ2v) is 6.51. The Morgan fingerprint density at radius 3 is 3.05 bits per heavy atom. The standard InChI is InChI=1S/C14H21NO2S2/c1-3-6-15(8-13-5-4-7-19-13)14(17)11-18-10-12(2)9-16/h3-5,7,12,16H,1,6,8-11H2,2H3. The van der Waals surface area contributed by atoms with E-state index in [1.807, 2.05) is 29.3 Å². The lowest BCUT2D eigenvalue weighted by Crippen LogP contribution is -2.32. The van der Waals surface area contributed by atoms with Gasteiger partial charge in [-0.15, -0.1) is 17.9 Å². The molecule has 0 fully saturated rings. The van der Waals surface area contributed by atoms with Crippen molar-refractivity contribution in [1.82, 2.24) is 4.90 Å². The van der Waals surface area contributed by atoms with Crippen LogP contribution in [0.15, 0.2) is 30.2 Å². The molecule has 1 aromatic rings. The molecule has 0 aliphatic carbocycles. The van der Waals surface area contributed by atoms with Crippen LogP contribution in [0.5, 0.6) is 0 Å². The van der Waals surface area contributed by atoms with Gasteiger partial charge in [0, 0.05) is 18.0 Å². The van der Waals surface area contributed by atoms with Crippen molar-refractivity contribution >= 4 is 29.0 Å². The molecule has 1 amide bonds. The number of aliphatic hydroxyl groups is 1. The maximum absolute atomic E-state index is 12.1. The lowest BCUT2D eigenvalue weighted by Gasteiger charge is -2.20. The molecular weight excluding hydrogens is 278 g/mol. The highest BCUT2D eigenvalue weighted by Gasteiger charge is 2.13. The summed E-state index contributed by atoms with van der Waals surface area (Å²) in [6, 6.07) is 4.03. The fourth-order valence-electron chi connectivity index (χ4n) is 1.49. The van der Waals surface area contributed by atoms with Crippen molar-refractivity contribution < 1.29 is 9.90 Å². The van der Waals surface area contributed by atoms with Gasteiger partial charge in [-0.2, -0.15) is 11.8 Å². The number of carbonyl (C=O) groups is 1. The Bertz CT molecular complexity index is 379. The van der Waals surface area contributed by atoms with Crippen LogP contribution in [0.3, 0.4) is 0 Å². The van der Waals surface area contributed by atoms with E-state index >= 15 is 0 Å². The maximum atomic E-state index is 12.1. The highest BCUT2D eigenvalue weighted by Crippen LogP contribution is 2.14. The third kappa shape index (κ3) is 6.27. The Balaban J connectivity index is 2.41. The Labute approximate surface area is 123 Å². The van der Waals surface area contributed by atoms with Crippen LogP contribution in [-0.2, 0) is 11.3 Å². The lowest BCUT2D eigenvalue weighted by atomic mass is 10.2. The Hall–Kier alpha value is -0.780. The van der Waals surface area contributed by atoms with Gasteiger partial charge in [-0.1, -0.05) is 19.1 Å². The first kappa shape index (κ1) is 16.3. The van der Waals surface area contributed by atoms with Gasteiger partial charge < -0.3 is 10.0 Å². The first-order chi connectivity index (χ1) is 9.17. The van der Waals surface area contributed by atoms with Gasteiger partial charge in [0.05, 0.1) is 12.3 Å². The molecule has 0 bridgehead atoms. The highest BCUT2D eigenvalue weighted by molar-refractivity contribution is 7.99. The molecule has 0 spiro atoms. The van der Waals surface area contributed by atoms with Crippen LogP contribution in [0.4, 0.5) is 0 Å². The van der Waals surface area contributed by atoms with Gasteiger partial charge in [0.25, 0.3) is 0 Å². The first-order valence-electron chi connectivity index (χ1n) is 6.27. The molecule has 1 heterocycles. The summed E-state index contributed by atoms with van der Waals surface area (Å²) in [6.07, 6.45) is 1.76. The van der Waals surface area contributed by atoms with Crippen LogP contribution in [0, 0.1) is 5.92 Å². The van der Waals surface area contributed by atoms with Crippen molar-refractivity contribution in [2.24, 2.45) is 5.92 Å². The molecule has 3 nitrogen and oxygen atoms in total. The van der Waals surface area contributed by atoms with Crippen molar-refractivity contribution in [2.45, 2.75) is 13.5 Å². The van der Waals surface area contributed by atoms with Crippen molar-refractivity contribution in [3.05, 3.63) is 35.0 Å². The molecule has 0 saturated carbocycles. The quantitative estimate of drug-likeness (QED) is 0.713. The third-order valence-corrected chi connectivity index (χ3v) is 4.69. The smallest absolute Gasteiger partial charge is 0.233 e. The van der Waals surface area contributed by atoms with Crippen molar-refractivity contribution in [1.29, 1.82) is 0 Å². The predicted octanol–water partition coefficient (Wildman–Crippen LogP) is 2.62. The van der Waals surface area contributed by atoms with E-state index in [2.05, 4.69) is 6.58 Å². The molecule has 0 radical (unpaired) electrons. The summed E-state index contributed by atoms with van der Waals surface area (Å²) in [7, 11) is 0. The number of nitrogens with zero attached hydrogens (tertiary/aromatic N) is 1. The SMILES string of the molecule is C=CCN(Cc1cccs1)C(=O)CSCC(C)CO. The van der Waals surface area contributed by atoms with E-state index < -0.39 is 0 Å². The summed E-state index contributed by atoms with van der Waals surface area (Å²) in [5, 5.41) is 11.0. The van der Waals surface area contributed by atoms with E-state index in [1.165, 1.54) is 4.88 Å². The Morgan fingerprint density at radius 1 is 1.68 bits per heavy atom. The normalized spacial score (nSPS) is 12.1. The van der Waals surface area contributed by atoms with Crippen molar-refractivity contribution in [3.63, 3.8) is 0 Å². The molecule has 0 aliphatic heterocycles. The summed E-state index contributed by atoms with van der Waals surface area (Å²) in [5.74, 6) is 1.64. The fourth-order valence-corrected chi connectivity index (χ4v) is 3.19. The number of thiophene rings is 1. The Kier molecular flexibility index (Phi) is 7.86. The molecule has 0 aliphatic rings. The van der Waals surface area contributed by atoms with Crippen LogP contribution >= 0.6 is 23.1 Å². The average Bonchev–Trinajstić information content (AvgIpc) is 2.90. The molecule has 1 rings (SSSR count). The molecule has 1 aromatic heterocycles. The zero-order valence-corrected chi connectivity index (χ0v) is 12.9. The van der Waals surface area contributed by atoms with E-state index in [0.717, 1.165) is 5.75 Å². The number of carbonyl (C=O) groups excluding carboxylic acids is 1.